The summed E-state index contributed by atoms with van der Waals surface area (Å²) in [5.74, 6) is -0.456. The normalized spacial score (nSPS) is 28.9. The molecule has 0 radical (unpaired) electrons. The fourth-order valence-electron chi connectivity index (χ4n) is 3.99. The number of aliphatic hydroxyl groups is 1. The summed E-state index contributed by atoms with van der Waals surface area (Å²) in [7, 11) is 1.37. The molecule has 5 nitrogen and oxygen atoms in total. The molecule has 6 heteroatoms. The molecule has 3 atom stereocenters. The number of halogens is 1. The standard InChI is InChI=1S/C19H23ClN2O3/c1-18(17(23)25-2)9-8-15(12-14-4-6-16(20)7-5-14)19(18,24)13-22-11-3-10-21-22/h3-7,10-11,15,24H,8-9,12-13H2,1-2H3. The van der Waals surface area contributed by atoms with Gasteiger partial charge in [0.15, 0.2) is 0 Å². The second-order valence-corrected chi connectivity index (χ2v) is 7.45. The molecule has 1 fully saturated rings. The lowest BCUT2D eigenvalue weighted by Crippen LogP contribution is -2.54. The van der Waals surface area contributed by atoms with Crippen molar-refractivity contribution in [1.82, 2.24) is 9.78 Å². The van der Waals surface area contributed by atoms with Crippen molar-refractivity contribution in [2.24, 2.45) is 11.3 Å². The predicted octanol–water partition coefficient (Wildman–Crippen LogP) is 3.10. The Labute approximate surface area is 152 Å². The summed E-state index contributed by atoms with van der Waals surface area (Å²) in [6.07, 6.45) is 5.46. The number of methoxy groups -OCH3 is 1. The van der Waals surface area contributed by atoms with Crippen LogP contribution in [0.1, 0.15) is 25.3 Å². The first-order valence-corrected chi connectivity index (χ1v) is 8.79. The van der Waals surface area contributed by atoms with Gasteiger partial charge in [0.05, 0.1) is 19.1 Å². The number of esters is 1. The van der Waals surface area contributed by atoms with Crippen molar-refractivity contribution in [2.45, 2.75) is 38.3 Å². The van der Waals surface area contributed by atoms with E-state index in [9.17, 15) is 9.90 Å². The summed E-state index contributed by atoms with van der Waals surface area (Å²) in [4.78, 5) is 12.5. The molecule has 1 aliphatic rings. The number of aromatic nitrogens is 2. The largest absolute Gasteiger partial charge is 0.469 e. The van der Waals surface area contributed by atoms with E-state index in [1.165, 1.54) is 7.11 Å². The lowest BCUT2D eigenvalue weighted by Gasteiger charge is -2.41. The molecule has 0 spiro atoms. The number of carbonyl (C=O) groups excluding carboxylic acids is 1. The number of hydrogen-bond donors (Lipinski definition) is 1. The zero-order valence-electron chi connectivity index (χ0n) is 14.5. The van der Waals surface area contributed by atoms with Crippen molar-refractivity contribution in [1.29, 1.82) is 0 Å². The first-order valence-electron chi connectivity index (χ1n) is 8.42. The third-order valence-corrected chi connectivity index (χ3v) is 5.87. The minimum absolute atomic E-state index is 0.0815. The van der Waals surface area contributed by atoms with E-state index < -0.39 is 11.0 Å². The summed E-state index contributed by atoms with van der Waals surface area (Å²) >= 11 is 5.96. The molecule has 0 saturated heterocycles. The lowest BCUT2D eigenvalue weighted by atomic mass is 9.71. The topological polar surface area (TPSA) is 64.3 Å². The average molecular weight is 363 g/mol. The molecule has 3 unspecified atom stereocenters. The van der Waals surface area contributed by atoms with Crippen molar-refractivity contribution in [2.75, 3.05) is 7.11 Å². The van der Waals surface area contributed by atoms with Crippen LogP contribution in [0.15, 0.2) is 42.7 Å². The molecule has 1 saturated carbocycles. The number of nitrogens with zero attached hydrogens (tertiary/aromatic N) is 2. The monoisotopic (exact) mass is 362 g/mol. The SMILES string of the molecule is COC(=O)C1(C)CCC(Cc2ccc(Cl)cc2)C1(O)Cn1cccn1. The second kappa shape index (κ2) is 6.81. The van der Waals surface area contributed by atoms with Crippen LogP contribution in [-0.2, 0) is 22.5 Å². The number of hydrogen-bond acceptors (Lipinski definition) is 4. The van der Waals surface area contributed by atoms with Gasteiger partial charge in [0.2, 0.25) is 0 Å². The molecular weight excluding hydrogens is 340 g/mol. The quantitative estimate of drug-likeness (QED) is 0.830. The van der Waals surface area contributed by atoms with Gasteiger partial charge in [-0.2, -0.15) is 5.10 Å². The molecule has 25 heavy (non-hydrogen) atoms. The highest BCUT2D eigenvalue weighted by molar-refractivity contribution is 6.30. The zero-order chi connectivity index (χ0) is 18.1. The van der Waals surface area contributed by atoms with Crippen LogP contribution < -0.4 is 0 Å². The Kier molecular flexibility index (Phi) is 4.89. The molecule has 2 aromatic rings. The van der Waals surface area contributed by atoms with E-state index in [-0.39, 0.29) is 18.4 Å². The zero-order valence-corrected chi connectivity index (χ0v) is 15.2. The molecule has 0 amide bonds. The van der Waals surface area contributed by atoms with Gasteiger partial charge in [-0.05, 0) is 55.9 Å². The maximum Gasteiger partial charge on any atom is 0.314 e. The van der Waals surface area contributed by atoms with Gasteiger partial charge in [-0.3, -0.25) is 9.48 Å². The van der Waals surface area contributed by atoms with Gasteiger partial charge in [0, 0.05) is 17.4 Å². The number of rotatable bonds is 5. The molecule has 1 aromatic heterocycles. The molecule has 0 aliphatic heterocycles. The van der Waals surface area contributed by atoms with Crippen molar-refractivity contribution in [3.63, 3.8) is 0 Å². The van der Waals surface area contributed by atoms with Gasteiger partial charge in [-0.25, -0.2) is 0 Å². The highest BCUT2D eigenvalue weighted by Gasteiger charge is 2.61. The number of carbonyl (C=O) groups is 1. The molecule has 1 N–H and O–H groups in total. The summed E-state index contributed by atoms with van der Waals surface area (Å²) in [6, 6.07) is 9.42. The summed E-state index contributed by atoms with van der Waals surface area (Å²) in [5, 5.41) is 16.6. The third-order valence-electron chi connectivity index (χ3n) is 5.62. The third kappa shape index (κ3) is 3.18. The van der Waals surface area contributed by atoms with E-state index in [0.717, 1.165) is 12.0 Å². The Hall–Kier alpha value is -1.85. The van der Waals surface area contributed by atoms with E-state index >= 15 is 0 Å². The lowest BCUT2D eigenvalue weighted by molar-refractivity contribution is -0.173. The predicted molar refractivity (Wildman–Crippen MR) is 95.2 cm³/mol. The first-order chi connectivity index (χ1) is 11.9. The fourth-order valence-corrected chi connectivity index (χ4v) is 4.12. The Morgan fingerprint density at radius 3 is 2.76 bits per heavy atom. The van der Waals surface area contributed by atoms with E-state index in [1.54, 1.807) is 24.0 Å². The maximum absolute atomic E-state index is 12.5. The van der Waals surface area contributed by atoms with Crippen LogP contribution in [-0.4, -0.2) is 33.6 Å². The molecule has 0 bridgehead atoms. The summed E-state index contributed by atoms with van der Waals surface area (Å²) in [6.45, 7) is 2.05. The van der Waals surface area contributed by atoms with Gasteiger partial charge < -0.3 is 9.84 Å². The molecule has 1 aromatic carbocycles. The highest BCUT2D eigenvalue weighted by atomic mass is 35.5. The van der Waals surface area contributed by atoms with Gasteiger partial charge >= 0.3 is 5.97 Å². The molecule has 3 rings (SSSR count). The molecular formula is C19H23ClN2O3. The van der Waals surface area contributed by atoms with Crippen LogP contribution in [0, 0.1) is 11.3 Å². The summed E-state index contributed by atoms with van der Waals surface area (Å²) in [5.41, 5.74) is -1.13. The molecule has 134 valence electrons. The van der Waals surface area contributed by atoms with Crippen LogP contribution in [0.4, 0.5) is 0 Å². The second-order valence-electron chi connectivity index (χ2n) is 7.02. The van der Waals surface area contributed by atoms with E-state index in [0.29, 0.717) is 17.9 Å². The minimum atomic E-state index is -1.24. The highest BCUT2D eigenvalue weighted by Crippen LogP contribution is 2.52. The van der Waals surface area contributed by atoms with E-state index in [1.807, 2.05) is 30.3 Å². The van der Waals surface area contributed by atoms with Crippen LogP contribution >= 0.6 is 11.6 Å². The maximum atomic E-state index is 12.5. The average Bonchev–Trinajstić information content (AvgIpc) is 3.19. The number of ether oxygens (including phenoxy) is 1. The van der Waals surface area contributed by atoms with Gasteiger partial charge in [0.25, 0.3) is 0 Å². The van der Waals surface area contributed by atoms with E-state index in [2.05, 4.69) is 5.10 Å². The van der Waals surface area contributed by atoms with Crippen molar-refractivity contribution >= 4 is 17.6 Å². The van der Waals surface area contributed by atoms with Gasteiger partial charge in [0.1, 0.15) is 5.60 Å². The van der Waals surface area contributed by atoms with Crippen molar-refractivity contribution < 1.29 is 14.6 Å². The minimum Gasteiger partial charge on any atom is -0.469 e. The van der Waals surface area contributed by atoms with Crippen LogP contribution in [0.5, 0.6) is 0 Å². The smallest absolute Gasteiger partial charge is 0.314 e. The Morgan fingerprint density at radius 2 is 2.16 bits per heavy atom. The van der Waals surface area contributed by atoms with Crippen molar-refractivity contribution in [3.05, 3.63) is 53.3 Å². The fraction of sp³-hybridized carbons (Fsp3) is 0.474. The van der Waals surface area contributed by atoms with Crippen LogP contribution in [0.25, 0.3) is 0 Å². The van der Waals surface area contributed by atoms with E-state index in [4.69, 9.17) is 16.3 Å². The molecule has 1 heterocycles. The van der Waals surface area contributed by atoms with Crippen LogP contribution in [0.2, 0.25) is 5.02 Å². The first kappa shape index (κ1) is 18.0. The Bertz CT molecular complexity index is 732. The Morgan fingerprint density at radius 1 is 1.44 bits per heavy atom. The Balaban J connectivity index is 1.93. The van der Waals surface area contributed by atoms with Crippen molar-refractivity contribution in [3.8, 4) is 0 Å². The van der Waals surface area contributed by atoms with Gasteiger partial charge in [-0.15, -0.1) is 0 Å². The van der Waals surface area contributed by atoms with Crippen LogP contribution in [0.3, 0.4) is 0 Å². The summed E-state index contributed by atoms with van der Waals surface area (Å²) < 4.78 is 6.70. The van der Waals surface area contributed by atoms with Gasteiger partial charge in [-0.1, -0.05) is 23.7 Å². The molecule has 1 aliphatic carbocycles. The number of benzene rings is 1.